The molecule has 9 heteroatoms. The van der Waals surface area contributed by atoms with E-state index in [1.807, 2.05) is 0 Å². The molecule has 2 amide bonds. The van der Waals surface area contributed by atoms with Gasteiger partial charge in [-0.05, 0) is 43.7 Å². The maximum Gasteiger partial charge on any atom is 0.290 e. The van der Waals surface area contributed by atoms with Crippen LogP contribution in [0.1, 0.15) is 49.4 Å². The second-order valence-electron chi connectivity index (χ2n) is 8.74. The second-order valence-corrected chi connectivity index (χ2v) is 9.15. The lowest BCUT2D eigenvalue weighted by Crippen LogP contribution is -2.84. The minimum atomic E-state index is -0.602. The first-order chi connectivity index (χ1) is 14.2. The Hall–Kier alpha value is -2.61. The van der Waals surface area contributed by atoms with Crippen LogP contribution in [0.3, 0.4) is 0 Å². The molecule has 0 atom stereocenters. The van der Waals surface area contributed by atoms with Crippen LogP contribution in [0.25, 0.3) is 0 Å². The van der Waals surface area contributed by atoms with E-state index in [1.54, 1.807) is 6.07 Å². The van der Waals surface area contributed by atoms with Gasteiger partial charge in [0.15, 0.2) is 6.61 Å². The van der Waals surface area contributed by atoms with E-state index in [0.717, 1.165) is 18.2 Å². The summed E-state index contributed by atoms with van der Waals surface area (Å²) < 4.78 is 23.9. The van der Waals surface area contributed by atoms with Gasteiger partial charge in [-0.3, -0.25) is 9.59 Å². The molecule has 2 aromatic rings. The zero-order chi connectivity index (χ0) is 21.5. The van der Waals surface area contributed by atoms with Crippen molar-refractivity contribution in [1.82, 2.24) is 15.8 Å². The van der Waals surface area contributed by atoms with Crippen LogP contribution >= 0.6 is 11.6 Å². The molecular formula is C21H23ClFN3O4. The van der Waals surface area contributed by atoms with Crippen LogP contribution in [-0.4, -0.2) is 34.7 Å². The summed E-state index contributed by atoms with van der Waals surface area (Å²) in [5.41, 5.74) is 0.135. The number of nitrogens with one attached hydrogen (secondary N) is 2. The summed E-state index contributed by atoms with van der Waals surface area (Å²) in [5.74, 6) is -0.317. The first kappa shape index (κ1) is 20.7. The smallest absolute Gasteiger partial charge is 0.290 e. The van der Waals surface area contributed by atoms with Gasteiger partial charge < -0.3 is 19.9 Å². The lowest BCUT2D eigenvalue weighted by Gasteiger charge is -2.70. The number of carbonyl (C=O) groups excluding carboxylic acids is 2. The Labute approximate surface area is 178 Å². The molecule has 0 saturated heterocycles. The van der Waals surface area contributed by atoms with Crippen molar-refractivity contribution in [2.75, 3.05) is 6.61 Å². The quantitative estimate of drug-likeness (QED) is 0.663. The Morgan fingerprint density at radius 3 is 2.60 bits per heavy atom. The largest absolute Gasteiger partial charge is 0.484 e. The molecule has 3 fully saturated rings. The summed E-state index contributed by atoms with van der Waals surface area (Å²) in [5, 5.41) is 9.88. The number of carbonyl (C=O) groups is 2. The minimum Gasteiger partial charge on any atom is -0.484 e. The summed E-state index contributed by atoms with van der Waals surface area (Å²) in [7, 11) is 0. The molecule has 1 heterocycles. The van der Waals surface area contributed by atoms with Crippen LogP contribution in [0.5, 0.6) is 5.75 Å². The number of hydrogen-bond acceptors (Lipinski definition) is 5. The van der Waals surface area contributed by atoms with Crippen molar-refractivity contribution in [3.05, 3.63) is 46.6 Å². The Morgan fingerprint density at radius 2 is 1.93 bits per heavy atom. The van der Waals surface area contributed by atoms with Gasteiger partial charge in [0, 0.05) is 23.2 Å². The van der Waals surface area contributed by atoms with Crippen LogP contribution < -0.4 is 15.4 Å². The Bertz CT molecular complexity index is 971. The van der Waals surface area contributed by atoms with Crippen molar-refractivity contribution in [2.24, 2.45) is 5.92 Å². The molecule has 0 aliphatic heterocycles. The summed E-state index contributed by atoms with van der Waals surface area (Å²) in [6.07, 6.45) is 2.71. The van der Waals surface area contributed by atoms with E-state index in [9.17, 15) is 14.0 Å². The first-order valence-corrected chi connectivity index (χ1v) is 10.2. The Kier molecular flexibility index (Phi) is 5.22. The van der Waals surface area contributed by atoms with Gasteiger partial charge in [-0.25, -0.2) is 4.39 Å². The highest BCUT2D eigenvalue weighted by atomic mass is 35.5. The molecule has 3 saturated carbocycles. The van der Waals surface area contributed by atoms with Gasteiger partial charge in [0.1, 0.15) is 11.6 Å². The predicted molar refractivity (Wildman–Crippen MR) is 107 cm³/mol. The van der Waals surface area contributed by atoms with E-state index in [2.05, 4.69) is 29.6 Å². The summed E-state index contributed by atoms with van der Waals surface area (Å²) in [6, 6.07) is 5.69. The second kappa shape index (κ2) is 7.58. The average molecular weight is 436 g/mol. The van der Waals surface area contributed by atoms with Crippen molar-refractivity contribution >= 4 is 23.4 Å². The van der Waals surface area contributed by atoms with E-state index in [-0.39, 0.29) is 46.0 Å². The standard InChI is InChI=1S/C21H23ClFN3O4/c1-12(2)5-13-6-17(30-26-13)19(28)25-21-9-20(10-21,11-21)24-18(27)8-29-14-3-4-15(22)16(23)7-14/h3-4,6-7,12H,5,8-11H2,1-2H3,(H,24,27)(H,25,28). The van der Waals surface area contributed by atoms with Crippen LogP contribution in [0.4, 0.5) is 4.39 Å². The molecule has 30 heavy (non-hydrogen) atoms. The lowest BCUT2D eigenvalue weighted by atomic mass is 9.44. The van der Waals surface area contributed by atoms with Gasteiger partial charge in [0.2, 0.25) is 5.76 Å². The van der Waals surface area contributed by atoms with Gasteiger partial charge in [0.05, 0.1) is 10.7 Å². The monoisotopic (exact) mass is 435 g/mol. The number of rotatable bonds is 8. The molecule has 2 N–H and O–H groups in total. The number of halogens is 2. The fourth-order valence-corrected chi connectivity index (χ4v) is 4.45. The molecule has 3 aliphatic carbocycles. The van der Waals surface area contributed by atoms with Gasteiger partial charge in [-0.1, -0.05) is 30.6 Å². The van der Waals surface area contributed by atoms with Gasteiger partial charge >= 0.3 is 0 Å². The van der Waals surface area contributed by atoms with E-state index in [4.69, 9.17) is 20.9 Å². The molecule has 0 spiro atoms. The summed E-state index contributed by atoms with van der Waals surface area (Å²) in [6.45, 7) is 3.92. The topological polar surface area (TPSA) is 93.5 Å². The normalized spacial score (nSPS) is 24.0. The van der Waals surface area contributed by atoms with Crippen LogP contribution in [0.2, 0.25) is 5.02 Å². The summed E-state index contributed by atoms with van der Waals surface area (Å²) >= 11 is 5.62. The minimum absolute atomic E-state index is 0.00510. The van der Waals surface area contributed by atoms with Crippen molar-refractivity contribution in [2.45, 2.75) is 50.6 Å². The number of benzene rings is 1. The van der Waals surface area contributed by atoms with Crippen LogP contribution in [-0.2, 0) is 11.2 Å². The molecule has 2 bridgehead atoms. The number of nitrogens with zero attached hydrogens (tertiary/aromatic N) is 1. The third-order valence-electron chi connectivity index (χ3n) is 5.47. The molecule has 160 valence electrons. The van der Waals surface area contributed by atoms with Gasteiger partial charge in [-0.15, -0.1) is 0 Å². The molecule has 3 aliphatic rings. The fraction of sp³-hybridized carbons (Fsp3) is 0.476. The number of aromatic nitrogens is 1. The zero-order valence-electron chi connectivity index (χ0n) is 16.8. The first-order valence-electron chi connectivity index (χ1n) is 9.85. The highest BCUT2D eigenvalue weighted by Gasteiger charge is 2.69. The molecule has 1 aromatic carbocycles. The fourth-order valence-electron chi connectivity index (χ4n) is 4.34. The molecule has 5 rings (SSSR count). The highest BCUT2D eigenvalue weighted by molar-refractivity contribution is 6.30. The van der Waals surface area contributed by atoms with Crippen molar-refractivity contribution in [3.8, 4) is 5.75 Å². The van der Waals surface area contributed by atoms with E-state index in [1.165, 1.54) is 12.1 Å². The molecule has 7 nitrogen and oxygen atoms in total. The number of ether oxygens (including phenoxy) is 1. The third-order valence-corrected chi connectivity index (χ3v) is 5.78. The maximum atomic E-state index is 13.4. The molecular weight excluding hydrogens is 413 g/mol. The molecule has 0 unspecified atom stereocenters. The number of hydrogen-bond donors (Lipinski definition) is 2. The van der Waals surface area contributed by atoms with Crippen molar-refractivity contribution in [3.63, 3.8) is 0 Å². The number of amides is 2. The molecule has 1 aromatic heterocycles. The Morgan fingerprint density at radius 1 is 1.23 bits per heavy atom. The van der Waals surface area contributed by atoms with Crippen molar-refractivity contribution in [1.29, 1.82) is 0 Å². The predicted octanol–water partition coefficient (Wildman–Crippen LogP) is 3.27. The Balaban J connectivity index is 1.22. The van der Waals surface area contributed by atoms with E-state index in [0.29, 0.717) is 25.2 Å². The van der Waals surface area contributed by atoms with E-state index < -0.39 is 5.82 Å². The maximum absolute atomic E-state index is 13.4. The van der Waals surface area contributed by atoms with Gasteiger partial charge in [0.25, 0.3) is 11.8 Å². The third kappa shape index (κ3) is 4.14. The van der Waals surface area contributed by atoms with Crippen LogP contribution in [0, 0.1) is 11.7 Å². The average Bonchev–Trinajstić information content (AvgIpc) is 3.07. The highest BCUT2D eigenvalue weighted by Crippen LogP contribution is 2.60. The summed E-state index contributed by atoms with van der Waals surface area (Å²) in [4.78, 5) is 24.6. The zero-order valence-corrected chi connectivity index (χ0v) is 17.5. The molecule has 0 radical (unpaired) electrons. The SMILES string of the molecule is CC(C)Cc1cc(C(=O)NC23CC(NC(=O)COc4ccc(Cl)c(F)c4)(C2)C3)on1. The lowest BCUT2D eigenvalue weighted by molar-refractivity contribution is -0.141. The van der Waals surface area contributed by atoms with Crippen molar-refractivity contribution < 1.29 is 23.2 Å². The van der Waals surface area contributed by atoms with E-state index >= 15 is 0 Å². The van der Waals surface area contributed by atoms with Crippen LogP contribution in [0.15, 0.2) is 28.8 Å². The van der Waals surface area contributed by atoms with Gasteiger partial charge in [-0.2, -0.15) is 0 Å².